The Bertz CT molecular complexity index is 1440. The van der Waals surface area contributed by atoms with Gasteiger partial charge >= 0.3 is 5.97 Å². The minimum Gasteiger partial charge on any atom is -0.479 e. The summed E-state index contributed by atoms with van der Waals surface area (Å²) in [5.41, 5.74) is 2.98. The van der Waals surface area contributed by atoms with E-state index in [1.807, 2.05) is 71.3 Å². The number of carboxylic acid groups (broad SMARTS) is 1. The number of hydrogen-bond donors (Lipinski definition) is 1. The third-order valence-corrected chi connectivity index (χ3v) is 5.51. The number of para-hydroxylation sites is 1. The molecule has 35 heavy (non-hydrogen) atoms. The Morgan fingerprint density at radius 2 is 1.63 bits per heavy atom. The van der Waals surface area contributed by atoms with Gasteiger partial charge in [0.2, 0.25) is 0 Å². The molecular formula is C27H22N4O4. The topological polar surface area (TPSA) is 103 Å². The number of carbonyl (C=O) groups is 1. The number of rotatable bonds is 8. The van der Waals surface area contributed by atoms with Crippen LogP contribution in [0.5, 0.6) is 5.75 Å². The van der Waals surface area contributed by atoms with E-state index in [2.05, 4.69) is 15.2 Å². The van der Waals surface area contributed by atoms with E-state index in [4.69, 9.17) is 9.15 Å². The predicted molar refractivity (Wildman–Crippen MR) is 130 cm³/mol. The fraction of sp³-hybridized carbons (Fsp3) is 0.111. The fourth-order valence-electron chi connectivity index (χ4n) is 3.83. The van der Waals surface area contributed by atoms with Crippen molar-refractivity contribution in [1.29, 1.82) is 0 Å². The number of aromatic nitrogens is 4. The van der Waals surface area contributed by atoms with Gasteiger partial charge in [0.15, 0.2) is 35.6 Å². The number of ether oxygens (including phenoxy) is 1. The summed E-state index contributed by atoms with van der Waals surface area (Å²) >= 11 is 0. The van der Waals surface area contributed by atoms with Crippen LogP contribution in [-0.2, 0) is 4.79 Å². The Kier molecular flexibility index (Phi) is 6.09. The van der Waals surface area contributed by atoms with Crippen molar-refractivity contribution >= 4 is 5.97 Å². The van der Waals surface area contributed by atoms with Crippen LogP contribution >= 0.6 is 0 Å². The largest absolute Gasteiger partial charge is 0.479 e. The van der Waals surface area contributed by atoms with Gasteiger partial charge in [-0.05, 0) is 30.7 Å². The molecule has 2 heterocycles. The third kappa shape index (κ3) is 4.41. The number of hydrogen-bond acceptors (Lipinski definition) is 6. The van der Waals surface area contributed by atoms with Crippen molar-refractivity contribution in [2.24, 2.45) is 0 Å². The molecule has 8 nitrogen and oxygen atoms in total. The van der Waals surface area contributed by atoms with E-state index < -0.39 is 12.1 Å². The molecule has 0 saturated carbocycles. The Hall–Kier alpha value is -4.72. The zero-order valence-corrected chi connectivity index (χ0v) is 18.9. The lowest BCUT2D eigenvalue weighted by molar-refractivity contribution is -0.145. The maximum absolute atomic E-state index is 11.4. The minimum absolute atomic E-state index is 0.343. The molecule has 174 valence electrons. The molecule has 1 N–H and O–H groups in total. The SMILES string of the molecule is CCC(Oc1cccc(-c2ocnc2-c2nnc(-c3ccccc3)n2-c2ccccc2)c1)C(=O)O. The van der Waals surface area contributed by atoms with Crippen LogP contribution in [0.1, 0.15) is 13.3 Å². The second kappa shape index (κ2) is 9.64. The molecule has 0 amide bonds. The predicted octanol–water partition coefficient (Wildman–Crippen LogP) is 5.50. The molecule has 8 heteroatoms. The van der Waals surface area contributed by atoms with Gasteiger partial charge in [0, 0.05) is 16.8 Å². The number of oxazole rings is 1. The summed E-state index contributed by atoms with van der Waals surface area (Å²) in [6.07, 6.45) is 0.764. The van der Waals surface area contributed by atoms with Gasteiger partial charge in [0.25, 0.3) is 0 Å². The molecule has 3 aromatic carbocycles. The summed E-state index contributed by atoms with van der Waals surface area (Å²) in [6.45, 7) is 1.76. The summed E-state index contributed by atoms with van der Waals surface area (Å²) in [5.74, 6) is 1.08. The number of nitrogens with zero attached hydrogens (tertiary/aromatic N) is 4. The number of aliphatic carboxylic acids is 1. The van der Waals surface area contributed by atoms with Crippen LogP contribution in [0.2, 0.25) is 0 Å². The molecule has 5 rings (SSSR count). The average Bonchev–Trinajstić information content (AvgIpc) is 3.56. The molecule has 0 saturated heterocycles. The second-order valence-corrected chi connectivity index (χ2v) is 7.80. The minimum atomic E-state index is -1.01. The lowest BCUT2D eigenvalue weighted by Crippen LogP contribution is -2.25. The summed E-state index contributed by atoms with van der Waals surface area (Å²) in [7, 11) is 0. The molecule has 0 spiro atoms. The average molecular weight is 466 g/mol. The van der Waals surface area contributed by atoms with E-state index in [0.717, 1.165) is 11.3 Å². The van der Waals surface area contributed by atoms with Gasteiger partial charge in [-0.2, -0.15) is 0 Å². The van der Waals surface area contributed by atoms with Crippen LogP contribution in [-0.4, -0.2) is 36.9 Å². The van der Waals surface area contributed by atoms with E-state index in [-0.39, 0.29) is 0 Å². The molecule has 2 aromatic heterocycles. The van der Waals surface area contributed by atoms with Crippen molar-refractivity contribution in [1.82, 2.24) is 19.7 Å². The summed E-state index contributed by atoms with van der Waals surface area (Å²) in [5, 5.41) is 18.3. The van der Waals surface area contributed by atoms with Crippen LogP contribution in [0.3, 0.4) is 0 Å². The van der Waals surface area contributed by atoms with Gasteiger partial charge in [-0.3, -0.25) is 4.57 Å². The van der Waals surface area contributed by atoms with Crippen molar-refractivity contribution in [3.63, 3.8) is 0 Å². The zero-order valence-electron chi connectivity index (χ0n) is 18.9. The van der Waals surface area contributed by atoms with E-state index in [9.17, 15) is 9.90 Å². The molecule has 1 atom stereocenters. The van der Waals surface area contributed by atoms with Crippen molar-refractivity contribution in [2.45, 2.75) is 19.4 Å². The standard InChI is InChI=1S/C27H22N4O4/c1-2-22(27(32)33)35-21-15-9-12-19(16-21)24-23(28-17-34-24)26-30-29-25(18-10-5-3-6-11-18)31(26)20-13-7-4-8-14-20/h3-17,22H,2H2,1H3,(H,32,33). The van der Waals surface area contributed by atoms with Gasteiger partial charge < -0.3 is 14.3 Å². The van der Waals surface area contributed by atoms with Crippen LogP contribution in [0.4, 0.5) is 0 Å². The normalized spacial score (nSPS) is 11.8. The van der Waals surface area contributed by atoms with Gasteiger partial charge in [-0.25, -0.2) is 9.78 Å². The first-order valence-corrected chi connectivity index (χ1v) is 11.2. The van der Waals surface area contributed by atoms with Crippen LogP contribution < -0.4 is 4.74 Å². The third-order valence-electron chi connectivity index (χ3n) is 5.51. The molecule has 0 bridgehead atoms. The molecule has 0 aliphatic carbocycles. The Balaban J connectivity index is 1.61. The summed E-state index contributed by atoms with van der Waals surface area (Å²) in [6, 6.07) is 26.7. The van der Waals surface area contributed by atoms with Crippen LogP contribution in [0.25, 0.3) is 39.9 Å². The fourth-order valence-corrected chi connectivity index (χ4v) is 3.83. The lowest BCUT2D eigenvalue weighted by Gasteiger charge is -2.14. The second-order valence-electron chi connectivity index (χ2n) is 7.80. The van der Waals surface area contributed by atoms with Crippen LogP contribution in [0, 0.1) is 0 Å². The molecular weight excluding hydrogens is 444 g/mol. The number of benzene rings is 3. The van der Waals surface area contributed by atoms with E-state index in [1.54, 1.807) is 25.1 Å². The molecule has 0 radical (unpaired) electrons. The first kappa shape index (κ1) is 22.1. The molecule has 0 aliphatic heterocycles. The maximum atomic E-state index is 11.4. The van der Waals surface area contributed by atoms with Gasteiger partial charge in [0.1, 0.15) is 5.75 Å². The van der Waals surface area contributed by atoms with Crippen molar-refractivity contribution in [3.05, 3.63) is 91.3 Å². The van der Waals surface area contributed by atoms with Gasteiger partial charge in [-0.1, -0.05) is 67.6 Å². The highest BCUT2D eigenvalue weighted by molar-refractivity contribution is 5.77. The van der Waals surface area contributed by atoms with E-state index in [1.165, 1.54) is 6.39 Å². The smallest absolute Gasteiger partial charge is 0.344 e. The Morgan fingerprint density at radius 1 is 0.943 bits per heavy atom. The van der Waals surface area contributed by atoms with Crippen molar-refractivity contribution < 1.29 is 19.1 Å². The molecule has 0 aliphatic rings. The highest BCUT2D eigenvalue weighted by Gasteiger charge is 2.24. The van der Waals surface area contributed by atoms with Crippen LogP contribution in [0.15, 0.2) is 95.7 Å². The van der Waals surface area contributed by atoms with Crippen molar-refractivity contribution in [3.8, 4) is 45.7 Å². The van der Waals surface area contributed by atoms with E-state index >= 15 is 0 Å². The highest BCUT2D eigenvalue weighted by Crippen LogP contribution is 2.35. The molecule has 0 fully saturated rings. The summed E-state index contributed by atoms with van der Waals surface area (Å²) in [4.78, 5) is 15.9. The quantitative estimate of drug-likeness (QED) is 0.322. The first-order chi connectivity index (χ1) is 17.2. The molecule has 1 unspecified atom stereocenters. The number of carboxylic acids is 1. The Labute approximate surface area is 201 Å². The zero-order chi connectivity index (χ0) is 24.2. The van der Waals surface area contributed by atoms with Gasteiger partial charge in [0.05, 0.1) is 0 Å². The van der Waals surface area contributed by atoms with Crippen molar-refractivity contribution in [2.75, 3.05) is 0 Å². The molecule has 5 aromatic rings. The lowest BCUT2D eigenvalue weighted by atomic mass is 10.1. The van der Waals surface area contributed by atoms with Gasteiger partial charge in [-0.15, -0.1) is 10.2 Å². The monoisotopic (exact) mass is 466 g/mol. The highest BCUT2D eigenvalue weighted by atomic mass is 16.5. The summed E-state index contributed by atoms with van der Waals surface area (Å²) < 4.78 is 13.4. The first-order valence-electron chi connectivity index (χ1n) is 11.2. The Morgan fingerprint density at radius 3 is 2.34 bits per heavy atom. The van der Waals surface area contributed by atoms with E-state index in [0.29, 0.717) is 40.8 Å². The maximum Gasteiger partial charge on any atom is 0.344 e.